The minimum Gasteiger partial charge on any atom is -0.135 e. The molecule has 0 radical (unpaired) electrons. The molecule has 0 fully saturated rings. The molecule has 0 unspecified atom stereocenters. The average Bonchev–Trinajstić information content (AvgIpc) is 3.65. The average molecular weight is 593 g/mol. The largest absolute Gasteiger partial charge is 0.135 e. The molecule has 2 aromatic heterocycles. The van der Waals surface area contributed by atoms with Crippen LogP contribution in [0.15, 0.2) is 146 Å². The summed E-state index contributed by atoms with van der Waals surface area (Å²) < 4.78 is 5.38. The molecule has 0 N–H and O–H groups in total. The number of rotatable bonds is 2. The van der Waals surface area contributed by atoms with Crippen molar-refractivity contribution in [3.8, 4) is 22.3 Å². The van der Waals surface area contributed by atoms with Crippen molar-refractivity contribution in [1.82, 2.24) is 0 Å². The summed E-state index contributed by atoms with van der Waals surface area (Å²) in [5.74, 6) is 0. The van der Waals surface area contributed by atoms with Crippen LogP contribution in [0.1, 0.15) is 0 Å². The van der Waals surface area contributed by atoms with Crippen LogP contribution in [0.3, 0.4) is 0 Å². The van der Waals surface area contributed by atoms with E-state index in [-0.39, 0.29) is 0 Å². The van der Waals surface area contributed by atoms with Gasteiger partial charge in [0.15, 0.2) is 0 Å². The molecule has 8 aromatic carbocycles. The number of hydrogen-bond acceptors (Lipinski definition) is 2. The van der Waals surface area contributed by atoms with Crippen LogP contribution >= 0.6 is 22.7 Å². The Morgan fingerprint density at radius 2 is 0.545 bits per heavy atom. The highest BCUT2D eigenvalue weighted by Crippen LogP contribution is 2.42. The van der Waals surface area contributed by atoms with Gasteiger partial charge in [-0.25, -0.2) is 0 Å². The lowest BCUT2D eigenvalue weighted by molar-refractivity contribution is 1.70. The fourth-order valence-corrected chi connectivity index (χ4v) is 9.30. The summed E-state index contributed by atoms with van der Waals surface area (Å²) in [6.45, 7) is 0. The first-order valence-corrected chi connectivity index (χ1v) is 16.6. The van der Waals surface area contributed by atoms with Crippen molar-refractivity contribution in [2.45, 2.75) is 0 Å². The zero-order valence-corrected chi connectivity index (χ0v) is 25.3. The topological polar surface area (TPSA) is 0 Å². The standard InChI is InChI=1S/C42H24S2/c1-2-8-30-29(7-1)35-21-25(27-15-19-41-37(23-27)33-9-3-5-11-39(33)43-41)13-17-31(35)32-18-14-26(22-36(30)32)28-16-20-42-38(24-28)34-10-4-6-12-40(34)44-42/h1-24H. The second-order valence-electron chi connectivity index (χ2n) is 11.7. The molecular weight excluding hydrogens is 569 g/mol. The zero-order valence-electron chi connectivity index (χ0n) is 23.7. The molecule has 0 aliphatic heterocycles. The van der Waals surface area contributed by atoms with Gasteiger partial charge in [-0.05, 0) is 103 Å². The normalized spacial score (nSPS) is 12.1. The van der Waals surface area contributed by atoms with Gasteiger partial charge in [0, 0.05) is 40.3 Å². The minimum atomic E-state index is 1.26. The maximum atomic E-state index is 2.40. The van der Waals surface area contributed by atoms with Gasteiger partial charge in [0.25, 0.3) is 0 Å². The van der Waals surface area contributed by atoms with Crippen LogP contribution in [0.2, 0.25) is 0 Å². The van der Waals surface area contributed by atoms with Crippen molar-refractivity contribution in [2.75, 3.05) is 0 Å². The molecule has 44 heavy (non-hydrogen) atoms. The first-order valence-electron chi connectivity index (χ1n) is 15.0. The lowest BCUT2D eigenvalue weighted by atomic mass is 9.90. The lowest BCUT2D eigenvalue weighted by Crippen LogP contribution is -1.86. The molecule has 0 aliphatic rings. The molecule has 0 aliphatic carbocycles. The van der Waals surface area contributed by atoms with Gasteiger partial charge in [0.1, 0.15) is 0 Å². The van der Waals surface area contributed by atoms with Crippen molar-refractivity contribution in [2.24, 2.45) is 0 Å². The van der Waals surface area contributed by atoms with E-state index in [0.717, 1.165) is 0 Å². The van der Waals surface area contributed by atoms with Gasteiger partial charge in [-0.1, -0.05) is 97.1 Å². The molecule has 0 amide bonds. The van der Waals surface area contributed by atoms with Crippen molar-refractivity contribution < 1.29 is 0 Å². The molecule has 0 atom stereocenters. The molecule has 2 heteroatoms. The molecule has 204 valence electrons. The molecular formula is C42H24S2. The van der Waals surface area contributed by atoms with E-state index < -0.39 is 0 Å². The molecule has 0 spiro atoms. The third-order valence-corrected chi connectivity index (χ3v) is 11.6. The van der Waals surface area contributed by atoms with Crippen LogP contribution in [-0.4, -0.2) is 0 Å². The number of benzene rings is 8. The Balaban J connectivity index is 1.17. The summed E-state index contributed by atoms with van der Waals surface area (Å²) in [5, 5.41) is 13.2. The van der Waals surface area contributed by atoms with Crippen LogP contribution < -0.4 is 0 Å². The van der Waals surface area contributed by atoms with Crippen molar-refractivity contribution in [3.63, 3.8) is 0 Å². The second kappa shape index (κ2) is 9.24. The third kappa shape index (κ3) is 3.56. The maximum absolute atomic E-state index is 2.40. The summed E-state index contributed by atoms with van der Waals surface area (Å²) in [4.78, 5) is 0. The van der Waals surface area contributed by atoms with Crippen molar-refractivity contribution in [3.05, 3.63) is 146 Å². The zero-order chi connectivity index (χ0) is 28.8. The first-order chi connectivity index (χ1) is 21.8. The molecule has 0 bridgehead atoms. The van der Waals surface area contributed by atoms with Crippen molar-refractivity contribution in [1.29, 1.82) is 0 Å². The molecule has 10 rings (SSSR count). The maximum Gasteiger partial charge on any atom is 0.0355 e. The lowest BCUT2D eigenvalue weighted by Gasteiger charge is -2.14. The Labute approximate surface area is 262 Å². The van der Waals surface area contributed by atoms with Gasteiger partial charge in [-0.2, -0.15) is 0 Å². The summed E-state index contributed by atoms with van der Waals surface area (Å²) >= 11 is 3.75. The Hall–Kier alpha value is -5.02. The molecule has 2 heterocycles. The third-order valence-electron chi connectivity index (χ3n) is 9.26. The summed E-state index contributed by atoms with van der Waals surface area (Å²) in [6.07, 6.45) is 0. The van der Waals surface area contributed by atoms with E-state index in [2.05, 4.69) is 146 Å². The highest BCUT2D eigenvalue weighted by Gasteiger charge is 2.13. The monoisotopic (exact) mass is 592 g/mol. The van der Waals surface area contributed by atoms with Gasteiger partial charge in [0.05, 0.1) is 0 Å². The number of thiophene rings is 2. The van der Waals surface area contributed by atoms with E-state index in [4.69, 9.17) is 0 Å². The molecule has 0 nitrogen and oxygen atoms in total. The van der Waals surface area contributed by atoms with E-state index in [1.807, 2.05) is 22.7 Å². The van der Waals surface area contributed by atoms with E-state index >= 15 is 0 Å². The van der Waals surface area contributed by atoms with E-state index in [1.165, 1.54) is 94.9 Å². The van der Waals surface area contributed by atoms with E-state index in [1.54, 1.807) is 0 Å². The molecule has 10 aromatic rings. The highest BCUT2D eigenvalue weighted by molar-refractivity contribution is 7.26. The summed E-state index contributed by atoms with van der Waals surface area (Å²) in [6, 6.07) is 54.3. The smallest absolute Gasteiger partial charge is 0.0355 e. The SMILES string of the molecule is c1ccc2c(c1)sc1ccc(-c3ccc4c5ccc(-c6ccc7sc8ccccc8c7c6)cc5c5ccccc5c4c3)cc12. The second-order valence-corrected chi connectivity index (χ2v) is 13.9. The van der Waals surface area contributed by atoms with Crippen LogP contribution in [0, 0.1) is 0 Å². The Bertz CT molecular complexity index is 2560. The van der Waals surface area contributed by atoms with Gasteiger partial charge in [-0.15, -0.1) is 22.7 Å². The van der Waals surface area contributed by atoms with Gasteiger partial charge >= 0.3 is 0 Å². The predicted octanol–water partition coefficient (Wildman–Crippen LogP) is 13.2. The van der Waals surface area contributed by atoms with Crippen LogP contribution in [0.5, 0.6) is 0 Å². The van der Waals surface area contributed by atoms with Gasteiger partial charge < -0.3 is 0 Å². The van der Waals surface area contributed by atoms with Gasteiger partial charge in [-0.3, -0.25) is 0 Å². The Morgan fingerprint density at radius 3 is 1.00 bits per heavy atom. The van der Waals surface area contributed by atoms with E-state index in [0.29, 0.717) is 0 Å². The Kier molecular flexibility index (Phi) is 5.13. The first kappa shape index (κ1) is 24.4. The van der Waals surface area contributed by atoms with Gasteiger partial charge in [0.2, 0.25) is 0 Å². The summed E-state index contributed by atoms with van der Waals surface area (Å²) in [7, 11) is 0. The minimum absolute atomic E-state index is 1.26. The fraction of sp³-hybridized carbons (Fsp3) is 0. The predicted molar refractivity (Wildman–Crippen MR) is 196 cm³/mol. The highest BCUT2D eigenvalue weighted by atomic mass is 32.1. The van der Waals surface area contributed by atoms with Crippen LogP contribution in [0.25, 0.3) is 94.9 Å². The Morgan fingerprint density at radius 1 is 0.227 bits per heavy atom. The molecule has 0 saturated heterocycles. The number of fused-ring (bicyclic) bond motifs is 12. The van der Waals surface area contributed by atoms with Crippen molar-refractivity contribution >= 4 is 95.3 Å². The van der Waals surface area contributed by atoms with E-state index in [9.17, 15) is 0 Å². The fourth-order valence-electron chi connectivity index (χ4n) is 7.13. The quantitative estimate of drug-likeness (QED) is 0.175. The van der Waals surface area contributed by atoms with Crippen LogP contribution in [0.4, 0.5) is 0 Å². The molecule has 0 saturated carbocycles. The van der Waals surface area contributed by atoms with Crippen LogP contribution in [-0.2, 0) is 0 Å². The number of hydrogen-bond donors (Lipinski definition) is 0. The summed E-state index contributed by atoms with van der Waals surface area (Å²) in [5.41, 5.74) is 5.04.